The summed E-state index contributed by atoms with van der Waals surface area (Å²) in [5.74, 6) is -0.608. The van der Waals surface area contributed by atoms with Gasteiger partial charge in [-0.05, 0) is 43.7 Å². The first kappa shape index (κ1) is 14.5. The Morgan fingerprint density at radius 1 is 1.17 bits per heavy atom. The van der Waals surface area contributed by atoms with Crippen LogP contribution in [0.4, 0.5) is 8.78 Å². The second-order valence-corrected chi connectivity index (χ2v) is 6.22. The lowest BCUT2D eigenvalue weighted by Gasteiger charge is -2.31. The molecule has 0 bridgehead atoms. The number of fused-ring (bicyclic) bond motifs is 1. The third-order valence-electron chi connectivity index (χ3n) is 4.72. The van der Waals surface area contributed by atoms with Crippen molar-refractivity contribution in [1.82, 2.24) is 10.2 Å². The molecule has 0 spiro atoms. The SMILES string of the molecule is Cl.FC1(F)CCCC(CN2C[C@H]3CNC[C@H]3C2)C1. The predicted molar refractivity (Wildman–Crippen MR) is 70.4 cm³/mol. The molecule has 3 fully saturated rings. The van der Waals surface area contributed by atoms with Crippen molar-refractivity contribution in [2.45, 2.75) is 31.6 Å². The van der Waals surface area contributed by atoms with E-state index in [0.29, 0.717) is 6.42 Å². The quantitative estimate of drug-likeness (QED) is 0.836. The highest BCUT2D eigenvalue weighted by atomic mass is 35.5. The summed E-state index contributed by atoms with van der Waals surface area (Å²) >= 11 is 0. The molecule has 3 rings (SSSR count). The number of nitrogens with zero attached hydrogens (tertiary/aromatic N) is 1. The van der Waals surface area contributed by atoms with Crippen molar-refractivity contribution in [2.24, 2.45) is 17.8 Å². The molecule has 2 saturated heterocycles. The molecule has 1 unspecified atom stereocenters. The van der Waals surface area contributed by atoms with Crippen LogP contribution in [0.2, 0.25) is 0 Å². The summed E-state index contributed by atoms with van der Waals surface area (Å²) < 4.78 is 26.7. The molecule has 1 N–H and O–H groups in total. The van der Waals surface area contributed by atoms with E-state index in [1.54, 1.807) is 0 Å². The van der Waals surface area contributed by atoms with E-state index in [4.69, 9.17) is 0 Å². The van der Waals surface area contributed by atoms with Crippen molar-refractivity contribution in [3.05, 3.63) is 0 Å². The number of hydrogen-bond acceptors (Lipinski definition) is 2. The average Bonchev–Trinajstić information content (AvgIpc) is 2.75. The standard InChI is InChI=1S/C13H22F2N2.ClH/c14-13(15)3-1-2-10(4-13)7-17-8-11-5-16-6-12(11)9-17;/h10-12,16H,1-9H2;1H/t10?,11-,12+;. The first-order chi connectivity index (χ1) is 8.12. The Balaban J connectivity index is 0.00000120. The Morgan fingerprint density at radius 2 is 1.83 bits per heavy atom. The fourth-order valence-electron chi connectivity index (χ4n) is 3.90. The molecule has 0 aromatic rings. The Bertz CT molecular complexity index is 276. The number of halogens is 3. The third-order valence-corrected chi connectivity index (χ3v) is 4.72. The van der Waals surface area contributed by atoms with Gasteiger partial charge in [0, 0.05) is 32.5 Å². The minimum absolute atomic E-state index is 0. The van der Waals surface area contributed by atoms with E-state index in [0.717, 1.165) is 51.0 Å². The maximum absolute atomic E-state index is 13.3. The van der Waals surface area contributed by atoms with Gasteiger partial charge in [0.25, 0.3) is 0 Å². The van der Waals surface area contributed by atoms with Gasteiger partial charge >= 0.3 is 0 Å². The molecule has 1 saturated carbocycles. The van der Waals surface area contributed by atoms with Gasteiger partial charge in [0.2, 0.25) is 5.92 Å². The minimum atomic E-state index is -2.39. The molecule has 1 aliphatic carbocycles. The topological polar surface area (TPSA) is 15.3 Å². The molecule has 0 radical (unpaired) electrons. The molecule has 3 aliphatic rings. The second-order valence-electron chi connectivity index (χ2n) is 6.22. The van der Waals surface area contributed by atoms with Gasteiger partial charge in [0.05, 0.1) is 0 Å². The van der Waals surface area contributed by atoms with Gasteiger partial charge in [-0.3, -0.25) is 0 Å². The number of likely N-dealkylation sites (tertiary alicyclic amines) is 1. The van der Waals surface area contributed by atoms with E-state index < -0.39 is 5.92 Å². The molecule has 3 atom stereocenters. The van der Waals surface area contributed by atoms with Gasteiger partial charge in [-0.15, -0.1) is 12.4 Å². The van der Waals surface area contributed by atoms with E-state index in [1.807, 2.05) is 0 Å². The van der Waals surface area contributed by atoms with Crippen LogP contribution in [0, 0.1) is 17.8 Å². The van der Waals surface area contributed by atoms with E-state index in [9.17, 15) is 8.78 Å². The highest BCUT2D eigenvalue weighted by molar-refractivity contribution is 5.85. The zero-order valence-corrected chi connectivity index (χ0v) is 11.5. The van der Waals surface area contributed by atoms with Crippen molar-refractivity contribution >= 4 is 12.4 Å². The highest BCUT2D eigenvalue weighted by Crippen LogP contribution is 2.38. The normalized spacial score (nSPS) is 39.3. The van der Waals surface area contributed by atoms with Crippen LogP contribution in [0.25, 0.3) is 0 Å². The summed E-state index contributed by atoms with van der Waals surface area (Å²) in [6.45, 7) is 5.41. The molecule has 2 heterocycles. The van der Waals surface area contributed by atoms with Crippen LogP contribution in [0.5, 0.6) is 0 Å². The summed E-state index contributed by atoms with van der Waals surface area (Å²) in [5, 5.41) is 3.41. The van der Waals surface area contributed by atoms with Crippen molar-refractivity contribution in [2.75, 3.05) is 32.7 Å². The predicted octanol–water partition coefficient (Wildman–Crippen LogP) is 2.38. The Kier molecular flexibility index (Phi) is 4.50. The number of nitrogens with one attached hydrogen (secondary N) is 1. The van der Waals surface area contributed by atoms with Crippen LogP contribution in [-0.2, 0) is 0 Å². The van der Waals surface area contributed by atoms with Gasteiger partial charge in [0.15, 0.2) is 0 Å². The molecule has 18 heavy (non-hydrogen) atoms. The molecule has 2 aliphatic heterocycles. The molecule has 106 valence electrons. The van der Waals surface area contributed by atoms with Gasteiger partial charge in [-0.2, -0.15) is 0 Å². The number of rotatable bonds is 2. The lowest BCUT2D eigenvalue weighted by Crippen LogP contribution is -2.35. The van der Waals surface area contributed by atoms with E-state index in [1.165, 1.54) is 0 Å². The summed E-state index contributed by atoms with van der Waals surface area (Å²) in [7, 11) is 0. The van der Waals surface area contributed by atoms with E-state index >= 15 is 0 Å². The lowest BCUT2D eigenvalue weighted by molar-refractivity contribution is -0.0563. The van der Waals surface area contributed by atoms with Crippen LogP contribution < -0.4 is 5.32 Å². The second kappa shape index (κ2) is 5.59. The number of alkyl halides is 2. The summed E-state index contributed by atoms with van der Waals surface area (Å²) in [6, 6.07) is 0. The van der Waals surface area contributed by atoms with Crippen molar-refractivity contribution in [3.8, 4) is 0 Å². The molecule has 5 heteroatoms. The average molecular weight is 281 g/mol. The minimum Gasteiger partial charge on any atom is -0.316 e. The summed E-state index contributed by atoms with van der Waals surface area (Å²) in [4.78, 5) is 2.43. The third kappa shape index (κ3) is 3.14. The van der Waals surface area contributed by atoms with E-state index in [-0.39, 0.29) is 31.2 Å². The fraction of sp³-hybridized carbons (Fsp3) is 1.00. The smallest absolute Gasteiger partial charge is 0.248 e. The number of hydrogen-bond donors (Lipinski definition) is 1. The summed E-state index contributed by atoms with van der Waals surface area (Å²) in [6.07, 6.45) is 1.94. The van der Waals surface area contributed by atoms with Crippen LogP contribution >= 0.6 is 12.4 Å². The van der Waals surface area contributed by atoms with Gasteiger partial charge in [0.1, 0.15) is 0 Å². The first-order valence-electron chi connectivity index (χ1n) is 6.93. The zero-order chi connectivity index (χ0) is 11.9. The van der Waals surface area contributed by atoms with Crippen molar-refractivity contribution < 1.29 is 8.78 Å². The van der Waals surface area contributed by atoms with Crippen molar-refractivity contribution in [3.63, 3.8) is 0 Å². The van der Waals surface area contributed by atoms with Gasteiger partial charge in [-0.25, -0.2) is 8.78 Å². The highest BCUT2D eigenvalue weighted by Gasteiger charge is 2.40. The molecule has 0 aromatic carbocycles. The Morgan fingerprint density at radius 3 is 2.44 bits per heavy atom. The van der Waals surface area contributed by atoms with E-state index in [2.05, 4.69) is 10.2 Å². The van der Waals surface area contributed by atoms with Crippen LogP contribution in [0.1, 0.15) is 25.7 Å². The molecule has 0 amide bonds. The summed E-state index contributed by atoms with van der Waals surface area (Å²) in [5.41, 5.74) is 0. The lowest BCUT2D eigenvalue weighted by atomic mass is 9.86. The zero-order valence-electron chi connectivity index (χ0n) is 10.7. The maximum atomic E-state index is 13.3. The molecule has 2 nitrogen and oxygen atoms in total. The monoisotopic (exact) mass is 280 g/mol. The Hall–Kier alpha value is 0.0700. The van der Waals surface area contributed by atoms with Gasteiger partial charge < -0.3 is 10.2 Å². The largest absolute Gasteiger partial charge is 0.316 e. The Labute approximate surface area is 114 Å². The van der Waals surface area contributed by atoms with Crippen molar-refractivity contribution in [1.29, 1.82) is 0 Å². The van der Waals surface area contributed by atoms with Crippen LogP contribution in [0.3, 0.4) is 0 Å². The maximum Gasteiger partial charge on any atom is 0.248 e. The first-order valence-corrected chi connectivity index (χ1v) is 6.93. The molecular formula is C13H23ClF2N2. The van der Waals surface area contributed by atoms with Crippen LogP contribution in [0.15, 0.2) is 0 Å². The molecular weight excluding hydrogens is 258 g/mol. The van der Waals surface area contributed by atoms with Gasteiger partial charge in [-0.1, -0.05) is 0 Å². The fourth-order valence-corrected chi connectivity index (χ4v) is 3.90. The van der Waals surface area contributed by atoms with Crippen LogP contribution in [-0.4, -0.2) is 43.5 Å². The molecule has 0 aromatic heterocycles.